The largest absolute Gasteiger partial charge is 0.419 e. The van der Waals surface area contributed by atoms with Gasteiger partial charge in [0.2, 0.25) is 5.95 Å². The molecule has 0 radical (unpaired) electrons. The first-order chi connectivity index (χ1) is 11.9. The van der Waals surface area contributed by atoms with Crippen LogP contribution in [0.3, 0.4) is 0 Å². The van der Waals surface area contributed by atoms with Crippen LogP contribution in [0.5, 0.6) is 0 Å². The number of anilines is 1. The molecule has 1 fully saturated rings. The number of nitrogens with zero attached hydrogens (tertiary/aromatic N) is 5. The lowest BCUT2D eigenvalue weighted by atomic mass is 10.3. The fourth-order valence-corrected chi connectivity index (χ4v) is 3.01. The van der Waals surface area contributed by atoms with Gasteiger partial charge < -0.3 is 9.80 Å². The number of aromatic nitrogens is 3. The molecule has 0 aromatic carbocycles. The highest BCUT2D eigenvalue weighted by Gasteiger charge is 2.32. The van der Waals surface area contributed by atoms with Crippen molar-refractivity contribution >= 4 is 29.5 Å². The quantitative estimate of drug-likeness (QED) is 0.765. The number of carbonyl (C=O) groups is 2. The maximum Gasteiger partial charge on any atom is 0.419 e. The van der Waals surface area contributed by atoms with E-state index in [9.17, 15) is 22.8 Å². The number of hydrogen-bond acceptors (Lipinski definition) is 7. The number of piperazine rings is 1. The summed E-state index contributed by atoms with van der Waals surface area (Å²) in [7, 11) is 0. The van der Waals surface area contributed by atoms with Crippen LogP contribution < -0.4 is 4.90 Å². The minimum absolute atomic E-state index is 0.192. The number of rotatable bonds is 3. The minimum Gasteiger partial charge on any atom is -0.337 e. The van der Waals surface area contributed by atoms with Gasteiger partial charge in [-0.05, 0) is 0 Å². The van der Waals surface area contributed by atoms with Crippen LogP contribution in [0, 0.1) is 0 Å². The highest BCUT2D eigenvalue weighted by atomic mass is 32.1. The van der Waals surface area contributed by atoms with E-state index in [4.69, 9.17) is 0 Å². The van der Waals surface area contributed by atoms with Crippen LogP contribution in [0.25, 0.3) is 0 Å². The number of hydrogen-bond donors (Lipinski definition) is 0. The molecule has 2 aromatic heterocycles. The van der Waals surface area contributed by atoms with Crippen LogP contribution in [0.15, 0.2) is 18.6 Å². The summed E-state index contributed by atoms with van der Waals surface area (Å²) < 4.78 is 37.6. The molecule has 3 heterocycles. The molecule has 132 valence electrons. The highest BCUT2D eigenvalue weighted by molar-refractivity contribution is 7.15. The minimum atomic E-state index is -4.47. The molecule has 0 bridgehead atoms. The SMILES string of the molecule is O=Cc1cnc(C(=O)N2CCN(c3ncc(C(F)(F)F)cn3)CC2)s1. The Balaban J connectivity index is 1.61. The summed E-state index contributed by atoms with van der Waals surface area (Å²) in [5, 5.41) is 0.237. The van der Waals surface area contributed by atoms with E-state index < -0.39 is 11.7 Å². The van der Waals surface area contributed by atoms with Crippen molar-refractivity contribution < 1.29 is 22.8 Å². The molecule has 25 heavy (non-hydrogen) atoms. The Morgan fingerprint density at radius 1 is 1.08 bits per heavy atom. The van der Waals surface area contributed by atoms with E-state index in [2.05, 4.69) is 15.0 Å². The lowest BCUT2D eigenvalue weighted by Crippen LogP contribution is -2.49. The molecule has 1 saturated heterocycles. The third-order valence-corrected chi connectivity index (χ3v) is 4.55. The highest BCUT2D eigenvalue weighted by Crippen LogP contribution is 2.28. The number of thiazole rings is 1. The number of alkyl halides is 3. The van der Waals surface area contributed by atoms with Gasteiger partial charge in [-0.1, -0.05) is 0 Å². The van der Waals surface area contributed by atoms with Crippen LogP contribution in [-0.2, 0) is 6.18 Å². The van der Waals surface area contributed by atoms with Gasteiger partial charge in [-0.2, -0.15) is 13.2 Å². The molecule has 1 aliphatic rings. The van der Waals surface area contributed by atoms with Gasteiger partial charge in [-0.15, -0.1) is 11.3 Å². The van der Waals surface area contributed by atoms with Crippen molar-refractivity contribution in [2.24, 2.45) is 0 Å². The normalized spacial score (nSPS) is 15.3. The molecule has 2 aromatic rings. The molecule has 1 aliphatic heterocycles. The molecular formula is C14H12F3N5O2S. The van der Waals surface area contributed by atoms with Gasteiger partial charge in [-0.3, -0.25) is 9.59 Å². The Morgan fingerprint density at radius 3 is 2.24 bits per heavy atom. The van der Waals surface area contributed by atoms with Crippen LogP contribution in [-0.4, -0.2) is 58.2 Å². The maximum absolute atomic E-state index is 12.5. The van der Waals surface area contributed by atoms with Gasteiger partial charge in [0.05, 0.1) is 10.4 Å². The fourth-order valence-electron chi connectivity index (χ4n) is 2.32. The van der Waals surface area contributed by atoms with Crippen molar-refractivity contribution in [3.63, 3.8) is 0 Å². The van der Waals surface area contributed by atoms with E-state index in [0.717, 1.165) is 23.7 Å². The van der Waals surface area contributed by atoms with Gasteiger partial charge >= 0.3 is 6.18 Å². The molecule has 0 atom stereocenters. The van der Waals surface area contributed by atoms with Crippen molar-refractivity contribution in [3.05, 3.63) is 34.0 Å². The van der Waals surface area contributed by atoms with Crippen molar-refractivity contribution in [1.82, 2.24) is 19.9 Å². The third-order valence-electron chi connectivity index (χ3n) is 3.64. The summed E-state index contributed by atoms with van der Waals surface area (Å²) in [6.45, 7) is 1.50. The first-order valence-electron chi connectivity index (χ1n) is 7.23. The lowest BCUT2D eigenvalue weighted by molar-refractivity contribution is -0.138. The summed E-state index contributed by atoms with van der Waals surface area (Å²) in [6, 6.07) is 0. The lowest BCUT2D eigenvalue weighted by Gasteiger charge is -2.34. The smallest absolute Gasteiger partial charge is 0.337 e. The molecule has 3 rings (SSSR count). The second-order valence-corrected chi connectivity index (χ2v) is 6.30. The number of carbonyl (C=O) groups excluding carboxylic acids is 2. The molecule has 0 aliphatic carbocycles. The predicted molar refractivity (Wildman–Crippen MR) is 82.7 cm³/mol. The van der Waals surface area contributed by atoms with Gasteiger partial charge in [0.25, 0.3) is 5.91 Å². The van der Waals surface area contributed by atoms with Crippen molar-refractivity contribution in [3.8, 4) is 0 Å². The monoisotopic (exact) mass is 371 g/mol. The molecule has 0 N–H and O–H groups in total. The van der Waals surface area contributed by atoms with Gasteiger partial charge in [0.1, 0.15) is 0 Å². The summed E-state index contributed by atoms with van der Waals surface area (Å²) in [5.41, 5.74) is -0.903. The van der Waals surface area contributed by atoms with Crippen LogP contribution >= 0.6 is 11.3 Å². The van der Waals surface area contributed by atoms with E-state index in [1.807, 2.05) is 0 Å². The average Bonchev–Trinajstić information content (AvgIpc) is 3.10. The first-order valence-corrected chi connectivity index (χ1v) is 8.04. The molecule has 11 heteroatoms. The summed E-state index contributed by atoms with van der Waals surface area (Å²) in [5.74, 6) is -0.0799. The second kappa shape index (κ2) is 6.75. The second-order valence-electron chi connectivity index (χ2n) is 5.23. The zero-order valence-electron chi connectivity index (χ0n) is 12.7. The summed E-state index contributed by atoms with van der Waals surface area (Å²) in [6.07, 6.45) is -1.00. The van der Waals surface area contributed by atoms with E-state index in [-0.39, 0.29) is 16.9 Å². The Hall–Kier alpha value is -2.56. The van der Waals surface area contributed by atoms with Crippen LogP contribution in [0.1, 0.15) is 25.0 Å². The summed E-state index contributed by atoms with van der Waals surface area (Å²) in [4.78, 5) is 38.1. The predicted octanol–water partition coefficient (Wildman–Crippen LogP) is 1.73. The number of aldehydes is 1. The first kappa shape index (κ1) is 17.3. The topological polar surface area (TPSA) is 79.3 Å². The maximum atomic E-state index is 12.5. The zero-order chi connectivity index (χ0) is 18.0. The van der Waals surface area contributed by atoms with E-state index in [0.29, 0.717) is 37.3 Å². The van der Waals surface area contributed by atoms with Gasteiger partial charge in [0.15, 0.2) is 11.3 Å². The molecule has 0 saturated carbocycles. The van der Waals surface area contributed by atoms with Crippen molar-refractivity contribution in [2.45, 2.75) is 6.18 Å². The number of amides is 1. The average molecular weight is 371 g/mol. The van der Waals surface area contributed by atoms with Gasteiger partial charge in [0, 0.05) is 44.8 Å². The molecule has 0 unspecified atom stereocenters. The van der Waals surface area contributed by atoms with Crippen molar-refractivity contribution in [2.75, 3.05) is 31.1 Å². The fraction of sp³-hybridized carbons (Fsp3) is 0.357. The standard InChI is InChI=1S/C14H12F3N5O2S/c15-14(16,17)9-5-19-13(20-6-9)22-3-1-21(2-4-22)12(24)11-18-7-10(8-23)25-11/h5-8H,1-4H2. The van der Waals surface area contributed by atoms with Crippen molar-refractivity contribution in [1.29, 1.82) is 0 Å². The third kappa shape index (κ3) is 3.76. The van der Waals surface area contributed by atoms with E-state index in [1.54, 1.807) is 9.80 Å². The Bertz CT molecular complexity index is 770. The van der Waals surface area contributed by atoms with Crippen LogP contribution in [0.4, 0.5) is 19.1 Å². The zero-order valence-corrected chi connectivity index (χ0v) is 13.5. The Labute approximate surface area is 144 Å². The molecule has 7 nitrogen and oxygen atoms in total. The summed E-state index contributed by atoms with van der Waals surface area (Å²) >= 11 is 1.02. The molecule has 0 spiro atoms. The Kier molecular flexibility index (Phi) is 4.66. The van der Waals surface area contributed by atoms with Gasteiger partial charge in [-0.25, -0.2) is 15.0 Å². The molecule has 1 amide bonds. The van der Waals surface area contributed by atoms with Crippen LogP contribution in [0.2, 0.25) is 0 Å². The van der Waals surface area contributed by atoms with E-state index in [1.165, 1.54) is 6.20 Å². The van der Waals surface area contributed by atoms with E-state index >= 15 is 0 Å². The Morgan fingerprint density at radius 2 is 1.72 bits per heavy atom. The molecular weight excluding hydrogens is 359 g/mol. The number of halogens is 3.